The summed E-state index contributed by atoms with van der Waals surface area (Å²) < 4.78 is 38.2. The van der Waals surface area contributed by atoms with Crippen LogP contribution in [0.25, 0.3) is 0 Å². The first-order valence-electron chi connectivity index (χ1n) is 10.8. The highest BCUT2D eigenvalue weighted by Gasteiger charge is 2.30. The fourth-order valence-electron chi connectivity index (χ4n) is 3.54. The number of ether oxygens (including phenoxy) is 2. The Labute approximate surface area is 208 Å². The van der Waals surface area contributed by atoms with Crippen molar-refractivity contribution in [3.8, 4) is 11.5 Å². The molecule has 0 spiro atoms. The number of anilines is 1. The minimum absolute atomic E-state index is 0.134. The molecule has 2 amide bonds. The zero-order chi connectivity index (χ0) is 24.9. The van der Waals surface area contributed by atoms with Crippen molar-refractivity contribution in [1.29, 1.82) is 0 Å². The van der Waals surface area contributed by atoms with E-state index in [1.807, 2.05) is 24.3 Å². The molecule has 2 aromatic carbocycles. The summed E-state index contributed by atoms with van der Waals surface area (Å²) in [4.78, 5) is 27.4. The number of amides is 2. The first-order valence-corrected chi connectivity index (χ1v) is 13.4. The highest BCUT2D eigenvalue weighted by molar-refractivity contribution is 9.10. The van der Waals surface area contributed by atoms with Crippen molar-refractivity contribution in [1.82, 2.24) is 10.2 Å². The van der Waals surface area contributed by atoms with Gasteiger partial charge in [-0.15, -0.1) is 0 Å². The summed E-state index contributed by atoms with van der Waals surface area (Å²) in [5.74, 6) is 0.0811. The molecule has 1 N–H and O–H groups in total. The van der Waals surface area contributed by atoms with Gasteiger partial charge >= 0.3 is 0 Å². The lowest BCUT2D eigenvalue weighted by Gasteiger charge is -2.31. The maximum Gasteiger partial charge on any atom is 0.244 e. The molecule has 0 aliphatic carbocycles. The smallest absolute Gasteiger partial charge is 0.244 e. The van der Waals surface area contributed by atoms with Gasteiger partial charge in [0.05, 0.1) is 11.9 Å². The first kappa shape index (κ1) is 25.8. The number of carbonyl (C=O) groups excluding carboxylic acids is 2. The van der Waals surface area contributed by atoms with Gasteiger partial charge in [0.2, 0.25) is 21.8 Å². The lowest BCUT2D eigenvalue weighted by atomic mass is 10.1. The Kier molecular flexibility index (Phi) is 8.42. The predicted octanol–water partition coefficient (Wildman–Crippen LogP) is 2.54. The van der Waals surface area contributed by atoms with Crippen LogP contribution in [-0.2, 0) is 26.2 Å². The molecule has 2 aromatic rings. The van der Waals surface area contributed by atoms with E-state index in [0.717, 1.165) is 20.6 Å². The van der Waals surface area contributed by atoms with Gasteiger partial charge in [0.1, 0.15) is 25.8 Å². The number of benzene rings is 2. The number of sulfonamides is 1. The van der Waals surface area contributed by atoms with Crippen LogP contribution in [0.15, 0.2) is 46.9 Å². The average Bonchev–Trinajstić information content (AvgIpc) is 2.79. The van der Waals surface area contributed by atoms with Crippen LogP contribution in [0.2, 0.25) is 0 Å². The molecule has 34 heavy (non-hydrogen) atoms. The van der Waals surface area contributed by atoms with E-state index in [-0.39, 0.29) is 18.1 Å². The summed E-state index contributed by atoms with van der Waals surface area (Å²) in [5, 5.41) is 2.72. The van der Waals surface area contributed by atoms with Crippen LogP contribution in [0.4, 0.5) is 5.69 Å². The van der Waals surface area contributed by atoms with Gasteiger partial charge in [-0.25, -0.2) is 8.42 Å². The zero-order valence-electron chi connectivity index (χ0n) is 19.3. The summed E-state index contributed by atoms with van der Waals surface area (Å²) in [6, 6.07) is 11.3. The van der Waals surface area contributed by atoms with Gasteiger partial charge in [0.25, 0.3) is 0 Å². The third-order valence-electron chi connectivity index (χ3n) is 5.25. The monoisotopic (exact) mass is 553 g/mol. The Balaban J connectivity index is 1.92. The van der Waals surface area contributed by atoms with E-state index < -0.39 is 28.5 Å². The number of rotatable bonds is 9. The number of likely N-dealkylation sites (N-methyl/N-ethyl adjacent to an activating group) is 1. The fourth-order valence-corrected chi connectivity index (χ4v) is 4.83. The van der Waals surface area contributed by atoms with E-state index in [0.29, 0.717) is 31.3 Å². The second-order valence-corrected chi connectivity index (χ2v) is 10.6. The van der Waals surface area contributed by atoms with Crippen LogP contribution in [0, 0.1) is 0 Å². The van der Waals surface area contributed by atoms with Gasteiger partial charge in [0, 0.05) is 23.6 Å². The van der Waals surface area contributed by atoms with Crippen LogP contribution in [0.3, 0.4) is 0 Å². The fraction of sp³-hybridized carbons (Fsp3) is 0.391. The van der Waals surface area contributed by atoms with E-state index in [9.17, 15) is 18.0 Å². The number of hydrogen-bond acceptors (Lipinski definition) is 6. The quantitative estimate of drug-likeness (QED) is 0.511. The molecule has 9 nitrogen and oxygen atoms in total. The summed E-state index contributed by atoms with van der Waals surface area (Å²) in [7, 11) is -3.83. The summed E-state index contributed by atoms with van der Waals surface area (Å²) in [5.41, 5.74) is 1.07. The van der Waals surface area contributed by atoms with Crippen molar-refractivity contribution in [2.45, 2.75) is 26.4 Å². The topological polar surface area (TPSA) is 105 Å². The molecule has 1 atom stereocenters. The molecule has 3 rings (SSSR count). The maximum atomic E-state index is 13.5. The molecule has 184 valence electrons. The highest BCUT2D eigenvalue weighted by atomic mass is 79.9. The van der Waals surface area contributed by atoms with Gasteiger partial charge in [-0.1, -0.05) is 28.1 Å². The highest BCUT2D eigenvalue weighted by Crippen LogP contribution is 2.34. The molecule has 1 heterocycles. The molecule has 11 heteroatoms. The molecule has 0 saturated heterocycles. The Morgan fingerprint density at radius 1 is 1.12 bits per heavy atom. The molecule has 1 aliphatic heterocycles. The molecule has 1 aliphatic rings. The van der Waals surface area contributed by atoms with E-state index in [4.69, 9.17) is 9.47 Å². The number of fused-ring (bicyclic) bond motifs is 1. The van der Waals surface area contributed by atoms with Crippen LogP contribution >= 0.6 is 15.9 Å². The average molecular weight is 554 g/mol. The SMILES string of the molecule is CCNC(=O)[C@H](C)N(Cc1cccc(Br)c1)C(=O)CN(c1ccc2c(c1)OCCO2)S(C)(=O)=O. The van der Waals surface area contributed by atoms with Gasteiger partial charge in [-0.05, 0) is 43.7 Å². The zero-order valence-corrected chi connectivity index (χ0v) is 21.7. The first-order chi connectivity index (χ1) is 16.1. The van der Waals surface area contributed by atoms with Gasteiger partial charge in [0.15, 0.2) is 11.5 Å². The van der Waals surface area contributed by atoms with Crippen LogP contribution in [0.5, 0.6) is 11.5 Å². The summed E-state index contributed by atoms with van der Waals surface area (Å²) in [6.45, 7) is 4.23. The van der Waals surface area contributed by atoms with E-state index in [2.05, 4.69) is 21.2 Å². The molecule has 0 unspecified atom stereocenters. The molecule has 0 radical (unpaired) electrons. The minimum Gasteiger partial charge on any atom is -0.486 e. The minimum atomic E-state index is -3.83. The number of nitrogens with zero attached hydrogens (tertiary/aromatic N) is 2. The van der Waals surface area contributed by atoms with Crippen LogP contribution in [-0.4, -0.2) is 63.7 Å². The third kappa shape index (κ3) is 6.41. The number of nitrogens with one attached hydrogen (secondary N) is 1. The number of halogens is 1. The van der Waals surface area contributed by atoms with Gasteiger partial charge in [-0.2, -0.15) is 0 Å². The number of hydrogen-bond donors (Lipinski definition) is 1. The predicted molar refractivity (Wildman–Crippen MR) is 132 cm³/mol. The molecular weight excluding hydrogens is 526 g/mol. The second kappa shape index (κ2) is 11.1. The van der Waals surface area contributed by atoms with Gasteiger partial charge < -0.3 is 19.7 Å². The van der Waals surface area contributed by atoms with Crippen molar-refractivity contribution in [3.63, 3.8) is 0 Å². The Hall–Kier alpha value is -2.79. The molecule has 0 bridgehead atoms. The second-order valence-electron chi connectivity index (χ2n) is 7.82. The standard InChI is InChI=1S/C23H28BrN3O6S/c1-4-25-23(29)16(2)26(14-17-6-5-7-18(24)12-17)22(28)15-27(34(3,30)31)19-8-9-20-21(13-19)33-11-10-32-20/h5-9,12-13,16H,4,10-11,14-15H2,1-3H3,(H,25,29)/t16-/m0/s1. The van der Waals surface area contributed by atoms with Crippen molar-refractivity contribution in [3.05, 3.63) is 52.5 Å². The lowest BCUT2D eigenvalue weighted by Crippen LogP contribution is -2.51. The van der Waals surface area contributed by atoms with Gasteiger partial charge in [-0.3, -0.25) is 13.9 Å². The lowest BCUT2D eigenvalue weighted by molar-refractivity contribution is -0.139. The van der Waals surface area contributed by atoms with Crippen LogP contribution < -0.4 is 19.1 Å². The largest absolute Gasteiger partial charge is 0.486 e. The molecule has 0 saturated carbocycles. The van der Waals surface area contributed by atoms with Crippen molar-refractivity contribution in [2.75, 3.05) is 36.9 Å². The Bertz CT molecular complexity index is 1160. The van der Waals surface area contributed by atoms with Crippen molar-refractivity contribution >= 4 is 43.5 Å². The van der Waals surface area contributed by atoms with Crippen LogP contribution in [0.1, 0.15) is 19.4 Å². The number of carbonyl (C=O) groups is 2. The van der Waals surface area contributed by atoms with Crippen molar-refractivity contribution < 1.29 is 27.5 Å². The Morgan fingerprint density at radius 3 is 2.47 bits per heavy atom. The van der Waals surface area contributed by atoms with E-state index in [1.54, 1.807) is 26.0 Å². The van der Waals surface area contributed by atoms with E-state index in [1.165, 1.54) is 11.0 Å². The van der Waals surface area contributed by atoms with E-state index >= 15 is 0 Å². The third-order valence-corrected chi connectivity index (χ3v) is 6.89. The molecule has 0 aromatic heterocycles. The normalized spacial score (nSPS) is 13.6. The molecule has 0 fully saturated rings. The van der Waals surface area contributed by atoms with Crippen molar-refractivity contribution in [2.24, 2.45) is 0 Å². The maximum absolute atomic E-state index is 13.5. The Morgan fingerprint density at radius 2 is 1.82 bits per heavy atom. The summed E-state index contributed by atoms with van der Waals surface area (Å²) >= 11 is 3.41. The summed E-state index contributed by atoms with van der Waals surface area (Å²) in [6.07, 6.45) is 1.03. The molecular formula is C23H28BrN3O6S.